The number of hydrogen-bond donors (Lipinski definition) is 2. The molecule has 2 N–H and O–H groups in total. The van der Waals surface area contributed by atoms with Crippen molar-refractivity contribution in [1.29, 1.82) is 0 Å². The Bertz CT molecular complexity index is 1080. The van der Waals surface area contributed by atoms with E-state index in [0.29, 0.717) is 35.3 Å². The van der Waals surface area contributed by atoms with Crippen LogP contribution in [0.5, 0.6) is 17.2 Å². The van der Waals surface area contributed by atoms with E-state index in [2.05, 4.69) is 20.6 Å². The molecular weight excluding hydrogens is 408 g/mol. The van der Waals surface area contributed by atoms with Crippen molar-refractivity contribution < 1.29 is 19.0 Å². The van der Waals surface area contributed by atoms with Gasteiger partial charge >= 0.3 is 0 Å². The molecule has 0 fully saturated rings. The van der Waals surface area contributed by atoms with E-state index < -0.39 is 0 Å². The summed E-state index contributed by atoms with van der Waals surface area (Å²) in [6, 6.07) is 16.5. The number of carbonyl (C=O) groups excluding carboxylic acids is 1. The molecule has 32 heavy (non-hydrogen) atoms. The van der Waals surface area contributed by atoms with Crippen LogP contribution in [0.2, 0.25) is 0 Å². The fraction of sp³-hybridized carbons (Fsp3) is 0.208. The minimum absolute atomic E-state index is 0.292. The Morgan fingerprint density at radius 2 is 1.72 bits per heavy atom. The van der Waals surface area contributed by atoms with Gasteiger partial charge in [0.2, 0.25) is 11.7 Å². The summed E-state index contributed by atoms with van der Waals surface area (Å²) in [7, 11) is 4.50. The number of nitrogens with one attached hydrogen (secondary N) is 2. The Hall–Kier alpha value is -4.07. The lowest BCUT2D eigenvalue weighted by Crippen LogP contribution is -2.36. The number of amides is 1. The first kappa shape index (κ1) is 22.6. The van der Waals surface area contributed by atoms with Crippen LogP contribution in [0.3, 0.4) is 0 Å². The second kappa shape index (κ2) is 10.8. The number of carbonyl (C=O) groups is 1. The van der Waals surface area contributed by atoms with Crippen LogP contribution in [0.1, 0.15) is 21.6 Å². The van der Waals surface area contributed by atoms with E-state index in [-0.39, 0.29) is 5.91 Å². The first-order valence-corrected chi connectivity index (χ1v) is 9.93. The average Bonchev–Trinajstić information content (AvgIpc) is 2.82. The summed E-state index contributed by atoms with van der Waals surface area (Å²) in [5, 5.41) is 6.01. The van der Waals surface area contributed by atoms with Crippen molar-refractivity contribution in [3.63, 3.8) is 0 Å². The summed E-state index contributed by atoms with van der Waals surface area (Å²) in [6.07, 6.45) is 1.70. The third-order valence-electron chi connectivity index (χ3n) is 4.56. The molecule has 0 aliphatic carbocycles. The van der Waals surface area contributed by atoms with Crippen LogP contribution in [0.4, 0.5) is 5.69 Å². The summed E-state index contributed by atoms with van der Waals surface area (Å²) < 4.78 is 16.0. The minimum Gasteiger partial charge on any atom is -0.493 e. The minimum atomic E-state index is -0.385. The average molecular weight is 434 g/mol. The SMILES string of the molecule is COc1cc(C(=O)NC(=NCc2ccccn2)Nc2cccc(C)c2)cc(OC)c1OC. The Kier molecular flexibility index (Phi) is 7.64. The molecule has 0 unspecified atom stereocenters. The molecule has 0 saturated carbocycles. The largest absolute Gasteiger partial charge is 0.493 e. The lowest BCUT2D eigenvalue weighted by Gasteiger charge is -2.15. The van der Waals surface area contributed by atoms with Crippen LogP contribution in [-0.4, -0.2) is 38.2 Å². The quantitative estimate of drug-likeness (QED) is 0.434. The number of aromatic nitrogens is 1. The summed E-state index contributed by atoms with van der Waals surface area (Å²) in [6.45, 7) is 2.29. The van der Waals surface area contributed by atoms with Crippen LogP contribution < -0.4 is 24.8 Å². The lowest BCUT2D eigenvalue weighted by molar-refractivity contribution is 0.0976. The molecule has 0 saturated heterocycles. The molecule has 1 aromatic heterocycles. The van der Waals surface area contributed by atoms with Crippen molar-refractivity contribution in [3.05, 3.63) is 77.6 Å². The number of benzene rings is 2. The maximum absolute atomic E-state index is 13.1. The number of rotatable bonds is 7. The van der Waals surface area contributed by atoms with E-state index in [1.54, 1.807) is 18.3 Å². The monoisotopic (exact) mass is 434 g/mol. The van der Waals surface area contributed by atoms with Gasteiger partial charge in [-0.1, -0.05) is 18.2 Å². The Labute approximate surface area is 187 Å². The highest BCUT2D eigenvalue weighted by molar-refractivity contribution is 6.10. The van der Waals surface area contributed by atoms with Gasteiger partial charge in [0.15, 0.2) is 11.5 Å². The van der Waals surface area contributed by atoms with E-state index in [0.717, 1.165) is 16.9 Å². The van der Waals surface area contributed by atoms with Crippen molar-refractivity contribution in [2.75, 3.05) is 26.6 Å². The topological polar surface area (TPSA) is 94.1 Å². The highest BCUT2D eigenvalue weighted by Gasteiger charge is 2.18. The zero-order chi connectivity index (χ0) is 22.9. The van der Waals surface area contributed by atoms with Crippen molar-refractivity contribution >= 4 is 17.6 Å². The predicted octanol–water partition coefficient (Wildman–Crippen LogP) is 3.81. The number of anilines is 1. The van der Waals surface area contributed by atoms with Gasteiger partial charge in [0.25, 0.3) is 5.91 Å². The normalized spacial score (nSPS) is 10.9. The highest BCUT2D eigenvalue weighted by Crippen LogP contribution is 2.38. The molecule has 0 aliphatic rings. The number of hydrogen-bond acceptors (Lipinski definition) is 6. The van der Waals surface area contributed by atoms with Crippen molar-refractivity contribution in [2.45, 2.75) is 13.5 Å². The molecular formula is C24H26N4O4. The summed E-state index contributed by atoms with van der Waals surface area (Å²) in [4.78, 5) is 21.9. The molecule has 0 spiro atoms. The third kappa shape index (κ3) is 5.75. The molecule has 0 bridgehead atoms. The van der Waals surface area contributed by atoms with Gasteiger partial charge in [-0.3, -0.25) is 15.1 Å². The maximum Gasteiger partial charge on any atom is 0.258 e. The molecule has 0 aliphatic heterocycles. The lowest BCUT2D eigenvalue weighted by atomic mass is 10.1. The standard InChI is InChI=1S/C24H26N4O4/c1-16-8-7-10-18(12-16)27-24(26-15-19-9-5-6-11-25-19)28-23(29)17-13-20(30-2)22(32-4)21(14-17)31-3/h5-14H,15H2,1-4H3,(H2,26,27,28,29). The Balaban J connectivity index is 1.88. The molecule has 3 rings (SSSR count). The van der Waals surface area contributed by atoms with Gasteiger partial charge in [-0.05, 0) is 48.9 Å². The molecule has 0 radical (unpaired) electrons. The van der Waals surface area contributed by atoms with E-state index >= 15 is 0 Å². The first-order valence-electron chi connectivity index (χ1n) is 9.93. The van der Waals surface area contributed by atoms with Gasteiger partial charge < -0.3 is 19.5 Å². The van der Waals surface area contributed by atoms with Gasteiger partial charge in [0, 0.05) is 17.4 Å². The number of pyridine rings is 1. The fourth-order valence-electron chi connectivity index (χ4n) is 3.01. The van der Waals surface area contributed by atoms with Gasteiger partial charge in [-0.15, -0.1) is 0 Å². The molecule has 8 nitrogen and oxygen atoms in total. The van der Waals surface area contributed by atoms with Gasteiger partial charge in [-0.25, -0.2) is 4.99 Å². The number of aliphatic imine (C=N–C) groups is 1. The third-order valence-corrected chi connectivity index (χ3v) is 4.56. The molecule has 8 heteroatoms. The summed E-state index contributed by atoms with van der Waals surface area (Å²) in [5.41, 5.74) is 2.99. The van der Waals surface area contributed by atoms with Crippen molar-refractivity contribution in [3.8, 4) is 17.2 Å². The number of nitrogens with zero attached hydrogens (tertiary/aromatic N) is 2. The van der Waals surface area contributed by atoms with Crippen molar-refractivity contribution in [1.82, 2.24) is 10.3 Å². The van der Waals surface area contributed by atoms with E-state index in [9.17, 15) is 4.79 Å². The second-order valence-corrected chi connectivity index (χ2v) is 6.85. The van der Waals surface area contributed by atoms with Crippen molar-refractivity contribution in [2.24, 2.45) is 4.99 Å². The molecule has 2 aromatic carbocycles. The van der Waals surface area contributed by atoms with Crippen LogP contribution in [0.25, 0.3) is 0 Å². The second-order valence-electron chi connectivity index (χ2n) is 6.85. The van der Waals surface area contributed by atoms with Crippen LogP contribution in [0.15, 0.2) is 65.8 Å². The van der Waals surface area contributed by atoms with E-state index in [1.807, 2.05) is 49.4 Å². The smallest absolute Gasteiger partial charge is 0.258 e. The van der Waals surface area contributed by atoms with E-state index in [4.69, 9.17) is 14.2 Å². The van der Waals surface area contributed by atoms with Crippen LogP contribution in [-0.2, 0) is 6.54 Å². The fourth-order valence-corrected chi connectivity index (χ4v) is 3.01. The molecule has 3 aromatic rings. The molecule has 1 amide bonds. The molecule has 1 heterocycles. The number of ether oxygens (including phenoxy) is 3. The Morgan fingerprint density at radius 1 is 0.969 bits per heavy atom. The van der Waals surface area contributed by atoms with Gasteiger partial charge in [0.1, 0.15) is 0 Å². The van der Waals surface area contributed by atoms with Crippen LogP contribution >= 0.6 is 0 Å². The van der Waals surface area contributed by atoms with Crippen LogP contribution in [0, 0.1) is 6.92 Å². The van der Waals surface area contributed by atoms with E-state index in [1.165, 1.54) is 21.3 Å². The number of guanidine groups is 1. The summed E-state index contributed by atoms with van der Waals surface area (Å²) >= 11 is 0. The highest BCUT2D eigenvalue weighted by atomic mass is 16.5. The van der Waals surface area contributed by atoms with Gasteiger partial charge in [-0.2, -0.15) is 0 Å². The predicted molar refractivity (Wildman–Crippen MR) is 124 cm³/mol. The molecule has 166 valence electrons. The molecule has 0 atom stereocenters. The maximum atomic E-state index is 13.1. The first-order chi connectivity index (χ1) is 15.5. The zero-order valence-corrected chi connectivity index (χ0v) is 18.5. The Morgan fingerprint density at radius 3 is 2.31 bits per heavy atom. The number of aryl methyl sites for hydroxylation is 1. The number of methoxy groups -OCH3 is 3. The zero-order valence-electron chi connectivity index (χ0n) is 18.5. The summed E-state index contributed by atoms with van der Waals surface area (Å²) in [5.74, 6) is 1.09. The van der Waals surface area contributed by atoms with Gasteiger partial charge in [0.05, 0.1) is 33.6 Å².